The van der Waals surface area contributed by atoms with E-state index in [0.717, 1.165) is 33.4 Å². The van der Waals surface area contributed by atoms with Gasteiger partial charge in [-0.2, -0.15) is 16.9 Å². The Labute approximate surface area is 168 Å². The summed E-state index contributed by atoms with van der Waals surface area (Å²) < 4.78 is 30.8. The summed E-state index contributed by atoms with van der Waals surface area (Å²) in [7, 11) is -3.60. The number of nitrogens with one attached hydrogen (secondary N) is 1. The molecule has 0 aliphatic carbocycles. The predicted octanol–water partition coefficient (Wildman–Crippen LogP) is 2.10. The number of thioether (sulfide) groups is 1. The quantitative estimate of drug-likeness (QED) is 0.523. The van der Waals surface area contributed by atoms with Gasteiger partial charge in [0.2, 0.25) is 10.0 Å². The van der Waals surface area contributed by atoms with Crippen LogP contribution >= 0.6 is 11.8 Å². The predicted molar refractivity (Wildman–Crippen MR) is 113 cm³/mol. The van der Waals surface area contributed by atoms with Crippen molar-refractivity contribution in [1.29, 1.82) is 0 Å². The first-order valence-electron chi connectivity index (χ1n) is 8.61. The molecule has 1 heterocycles. The van der Waals surface area contributed by atoms with Gasteiger partial charge in [0.25, 0.3) is 5.91 Å². The summed E-state index contributed by atoms with van der Waals surface area (Å²) in [6, 6.07) is 15.8. The number of carbonyl (C=O) groups is 1. The zero-order valence-electron chi connectivity index (χ0n) is 15.3. The normalized spacial score (nSPS) is 14.5. The molecule has 0 bridgehead atoms. The second-order valence-electron chi connectivity index (χ2n) is 6.24. The van der Waals surface area contributed by atoms with E-state index in [9.17, 15) is 13.2 Å². The molecule has 0 atom stereocenters. The van der Waals surface area contributed by atoms with Gasteiger partial charge in [0, 0.05) is 11.5 Å². The van der Waals surface area contributed by atoms with Gasteiger partial charge in [-0.1, -0.05) is 18.2 Å². The van der Waals surface area contributed by atoms with E-state index in [-0.39, 0.29) is 12.6 Å². The first-order valence-corrected chi connectivity index (χ1v) is 11.6. The summed E-state index contributed by atoms with van der Waals surface area (Å²) in [5.41, 5.74) is 3.57. The van der Waals surface area contributed by atoms with Gasteiger partial charge in [0.15, 0.2) is 0 Å². The van der Waals surface area contributed by atoms with Gasteiger partial charge in [-0.3, -0.25) is 9.10 Å². The van der Waals surface area contributed by atoms with Gasteiger partial charge in [-0.15, -0.1) is 0 Å². The van der Waals surface area contributed by atoms with E-state index < -0.39 is 15.9 Å². The van der Waals surface area contributed by atoms with Crippen LogP contribution < -0.4 is 14.5 Å². The maximum absolute atomic E-state index is 12.1. The van der Waals surface area contributed by atoms with Gasteiger partial charge in [-0.25, -0.2) is 13.8 Å². The van der Waals surface area contributed by atoms with Crippen LogP contribution in [0.4, 0.5) is 5.69 Å². The van der Waals surface area contributed by atoms with Gasteiger partial charge < -0.3 is 4.74 Å². The minimum atomic E-state index is -3.60. The first kappa shape index (κ1) is 20.2. The first-order chi connectivity index (χ1) is 13.4. The summed E-state index contributed by atoms with van der Waals surface area (Å²) >= 11 is 1.86. The van der Waals surface area contributed by atoms with Crippen LogP contribution in [0.25, 0.3) is 0 Å². The van der Waals surface area contributed by atoms with Crippen LogP contribution in [0.2, 0.25) is 0 Å². The van der Waals surface area contributed by atoms with Crippen LogP contribution in [-0.2, 0) is 14.8 Å². The van der Waals surface area contributed by atoms with Crippen LogP contribution in [-0.4, -0.2) is 50.9 Å². The number of hydrogen-bond acceptors (Lipinski definition) is 6. The smallest absolute Gasteiger partial charge is 0.260 e. The van der Waals surface area contributed by atoms with E-state index in [4.69, 9.17) is 4.74 Å². The Kier molecular flexibility index (Phi) is 6.58. The third-order valence-electron chi connectivity index (χ3n) is 3.92. The number of hydrazone groups is 1. The monoisotopic (exact) mass is 419 g/mol. The number of sulfonamides is 1. The summed E-state index contributed by atoms with van der Waals surface area (Å²) in [4.78, 5) is 12.1. The fraction of sp³-hybridized carbons (Fsp3) is 0.263. The molecule has 1 amide bonds. The molecular weight excluding hydrogens is 398 g/mol. The Bertz CT molecular complexity index is 927. The van der Waals surface area contributed by atoms with Crippen molar-refractivity contribution >= 4 is 39.6 Å². The van der Waals surface area contributed by atoms with Gasteiger partial charge in [0.1, 0.15) is 18.4 Å². The molecule has 0 saturated carbocycles. The molecule has 1 aliphatic heterocycles. The molecule has 7 nitrogen and oxygen atoms in total. The molecule has 28 heavy (non-hydrogen) atoms. The Morgan fingerprint density at radius 1 is 1.21 bits per heavy atom. The topological polar surface area (TPSA) is 88.1 Å². The highest BCUT2D eigenvalue weighted by atomic mass is 32.2. The van der Waals surface area contributed by atoms with Crippen molar-refractivity contribution in [2.75, 3.05) is 28.6 Å². The average Bonchev–Trinajstić information content (AvgIpc) is 2.64. The van der Waals surface area contributed by atoms with E-state index in [2.05, 4.69) is 10.5 Å². The van der Waals surface area contributed by atoms with E-state index in [1.54, 1.807) is 30.3 Å². The van der Waals surface area contributed by atoms with E-state index in [1.807, 2.05) is 36.0 Å². The van der Waals surface area contributed by atoms with Crippen LogP contribution in [0.5, 0.6) is 5.75 Å². The second kappa shape index (κ2) is 9.11. The SMILES string of the molecule is CS(=O)(=O)N(CC(=O)N/N=C\c1ccc(OC2CSC2)cc1)c1ccccc1. The van der Waals surface area contributed by atoms with Crippen LogP contribution in [0, 0.1) is 0 Å². The molecule has 1 saturated heterocycles. The molecule has 1 N–H and O–H groups in total. The average molecular weight is 420 g/mol. The number of carbonyl (C=O) groups excluding carboxylic acids is 1. The molecular formula is C19H21N3O4S2. The van der Waals surface area contributed by atoms with Crippen LogP contribution in [0.3, 0.4) is 0 Å². The van der Waals surface area contributed by atoms with Crippen molar-refractivity contribution in [2.24, 2.45) is 5.10 Å². The van der Waals surface area contributed by atoms with Crippen molar-refractivity contribution in [3.63, 3.8) is 0 Å². The number of hydrogen-bond donors (Lipinski definition) is 1. The van der Waals surface area contributed by atoms with Crippen molar-refractivity contribution in [3.05, 3.63) is 60.2 Å². The molecule has 148 valence electrons. The Morgan fingerprint density at radius 2 is 1.89 bits per heavy atom. The lowest BCUT2D eigenvalue weighted by molar-refractivity contribution is -0.119. The number of amides is 1. The van der Waals surface area contributed by atoms with Crippen LogP contribution in [0.15, 0.2) is 59.7 Å². The number of ether oxygens (including phenoxy) is 1. The molecule has 0 radical (unpaired) electrons. The third-order valence-corrected chi connectivity index (χ3v) is 6.28. The number of para-hydroxylation sites is 1. The molecule has 0 aromatic heterocycles. The highest BCUT2D eigenvalue weighted by Gasteiger charge is 2.20. The molecule has 0 unspecified atom stereocenters. The molecule has 2 aromatic carbocycles. The molecule has 9 heteroatoms. The minimum Gasteiger partial charge on any atom is -0.489 e. The Hall–Kier alpha value is -2.52. The number of nitrogens with zero attached hydrogens (tertiary/aromatic N) is 2. The van der Waals surface area contributed by atoms with Crippen molar-refractivity contribution in [1.82, 2.24) is 5.43 Å². The summed E-state index contributed by atoms with van der Waals surface area (Å²) in [5, 5.41) is 3.90. The fourth-order valence-corrected chi connectivity index (χ4v) is 3.87. The highest BCUT2D eigenvalue weighted by Crippen LogP contribution is 2.23. The third kappa shape index (κ3) is 5.74. The van der Waals surface area contributed by atoms with Gasteiger partial charge in [0.05, 0.1) is 18.2 Å². The van der Waals surface area contributed by atoms with Crippen molar-refractivity contribution in [2.45, 2.75) is 6.10 Å². The number of benzene rings is 2. The fourth-order valence-electron chi connectivity index (χ4n) is 2.45. The van der Waals surface area contributed by atoms with Crippen molar-refractivity contribution < 1.29 is 17.9 Å². The summed E-state index contributed by atoms with van der Waals surface area (Å²) in [6.45, 7) is -0.355. The van der Waals surface area contributed by atoms with E-state index in [1.165, 1.54) is 6.21 Å². The largest absolute Gasteiger partial charge is 0.489 e. The lowest BCUT2D eigenvalue weighted by Crippen LogP contribution is -2.38. The summed E-state index contributed by atoms with van der Waals surface area (Å²) in [6.07, 6.45) is 2.84. The molecule has 1 aliphatic rings. The molecule has 0 spiro atoms. The molecule has 2 aromatic rings. The lowest BCUT2D eigenvalue weighted by atomic mass is 10.2. The second-order valence-corrected chi connectivity index (χ2v) is 9.23. The Morgan fingerprint density at radius 3 is 2.46 bits per heavy atom. The standard InChI is InChI=1S/C19H21N3O4S2/c1-28(24,25)22(16-5-3-2-4-6-16)12-19(23)21-20-11-15-7-9-17(10-8-15)26-18-13-27-14-18/h2-11,18H,12-14H2,1H3,(H,21,23)/b20-11-. The number of rotatable bonds is 8. The Balaban J connectivity index is 1.55. The highest BCUT2D eigenvalue weighted by molar-refractivity contribution is 8.00. The lowest BCUT2D eigenvalue weighted by Gasteiger charge is -2.25. The maximum atomic E-state index is 12.1. The zero-order chi connectivity index (χ0) is 20.0. The zero-order valence-corrected chi connectivity index (χ0v) is 16.9. The number of anilines is 1. The molecule has 3 rings (SSSR count). The van der Waals surface area contributed by atoms with E-state index in [0.29, 0.717) is 5.69 Å². The maximum Gasteiger partial charge on any atom is 0.260 e. The van der Waals surface area contributed by atoms with Gasteiger partial charge >= 0.3 is 0 Å². The van der Waals surface area contributed by atoms with E-state index >= 15 is 0 Å². The molecule has 1 fully saturated rings. The minimum absolute atomic E-state index is 0.284. The van der Waals surface area contributed by atoms with Crippen molar-refractivity contribution in [3.8, 4) is 5.75 Å². The van der Waals surface area contributed by atoms with Gasteiger partial charge in [-0.05, 0) is 42.0 Å². The summed E-state index contributed by atoms with van der Waals surface area (Å²) in [5.74, 6) is 2.30. The van der Waals surface area contributed by atoms with Crippen LogP contribution in [0.1, 0.15) is 5.56 Å².